The van der Waals surface area contributed by atoms with E-state index in [0.717, 1.165) is 9.13 Å². The monoisotopic (exact) mass is 372 g/mol. The molecule has 2 rings (SSSR count). The minimum Gasteiger partial charge on any atom is -0.494 e. The van der Waals surface area contributed by atoms with Crippen LogP contribution in [0.4, 0.5) is 4.39 Å². The highest BCUT2D eigenvalue weighted by Crippen LogP contribution is 2.24. The molecule has 0 bridgehead atoms. The number of rotatable bonds is 4. The van der Waals surface area contributed by atoms with E-state index in [9.17, 15) is 9.50 Å². The maximum atomic E-state index is 13.6. The molecule has 1 N–H and O–H groups in total. The summed E-state index contributed by atoms with van der Waals surface area (Å²) in [6.45, 7) is 0. The van der Waals surface area contributed by atoms with Crippen molar-refractivity contribution in [3.05, 3.63) is 63.0 Å². The van der Waals surface area contributed by atoms with Gasteiger partial charge in [-0.2, -0.15) is 0 Å². The lowest BCUT2D eigenvalue weighted by molar-refractivity contribution is 0.178. The van der Waals surface area contributed by atoms with Crippen LogP contribution in [0.25, 0.3) is 0 Å². The number of halogens is 2. The molecule has 0 heterocycles. The van der Waals surface area contributed by atoms with E-state index < -0.39 is 11.9 Å². The third-order valence-corrected chi connectivity index (χ3v) is 3.62. The minimum atomic E-state index is -0.722. The largest absolute Gasteiger partial charge is 0.494 e. The topological polar surface area (TPSA) is 29.5 Å². The van der Waals surface area contributed by atoms with Gasteiger partial charge >= 0.3 is 0 Å². The molecule has 2 aromatic rings. The summed E-state index contributed by atoms with van der Waals surface area (Å²) in [6, 6.07) is 12.4. The zero-order valence-corrected chi connectivity index (χ0v) is 12.6. The van der Waals surface area contributed by atoms with Gasteiger partial charge in [0, 0.05) is 9.99 Å². The van der Waals surface area contributed by atoms with Crippen LogP contribution in [0.5, 0.6) is 5.75 Å². The Morgan fingerprint density at radius 3 is 2.47 bits per heavy atom. The van der Waals surface area contributed by atoms with Gasteiger partial charge in [0.15, 0.2) is 11.6 Å². The predicted octanol–water partition coefficient (Wildman–Crippen LogP) is 3.72. The second kappa shape index (κ2) is 6.34. The number of methoxy groups -OCH3 is 1. The zero-order chi connectivity index (χ0) is 13.8. The van der Waals surface area contributed by atoms with Crippen LogP contribution in [-0.4, -0.2) is 12.2 Å². The summed E-state index contributed by atoms with van der Waals surface area (Å²) in [5.74, 6) is -0.271. The van der Waals surface area contributed by atoms with Crippen LogP contribution in [-0.2, 0) is 6.42 Å². The maximum Gasteiger partial charge on any atom is 0.165 e. The first-order valence-corrected chi connectivity index (χ1v) is 6.94. The van der Waals surface area contributed by atoms with E-state index in [1.807, 2.05) is 24.3 Å². The summed E-state index contributed by atoms with van der Waals surface area (Å²) >= 11 is 2.23. The first-order chi connectivity index (χ1) is 9.10. The fourth-order valence-corrected chi connectivity index (χ4v) is 2.21. The van der Waals surface area contributed by atoms with Gasteiger partial charge in [0.2, 0.25) is 0 Å². The summed E-state index contributed by atoms with van der Waals surface area (Å²) in [5.41, 5.74) is 1.57. The van der Waals surface area contributed by atoms with Crippen molar-refractivity contribution in [2.75, 3.05) is 7.11 Å². The number of aliphatic hydroxyl groups excluding tert-OH is 1. The van der Waals surface area contributed by atoms with E-state index in [0.29, 0.717) is 12.0 Å². The Kier molecular flexibility index (Phi) is 4.76. The van der Waals surface area contributed by atoms with Crippen LogP contribution in [0.3, 0.4) is 0 Å². The van der Waals surface area contributed by atoms with Crippen molar-refractivity contribution in [2.24, 2.45) is 0 Å². The molecule has 0 aliphatic rings. The Bertz CT molecular complexity index is 555. The molecule has 4 heteroatoms. The van der Waals surface area contributed by atoms with Crippen LogP contribution >= 0.6 is 22.6 Å². The van der Waals surface area contributed by atoms with Crippen LogP contribution in [0.15, 0.2) is 42.5 Å². The molecular formula is C15H14FIO2. The van der Waals surface area contributed by atoms with Crippen molar-refractivity contribution in [1.29, 1.82) is 0 Å². The van der Waals surface area contributed by atoms with Gasteiger partial charge in [-0.1, -0.05) is 18.2 Å². The Hall–Kier alpha value is -1.14. The van der Waals surface area contributed by atoms with Crippen LogP contribution in [0.1, 0.15) is 17.2 Å². The molecule has 0 fully saturated rings. The molecule has 0 spiro atoms. The summed E-state index contributed by atoms with van der Waals surface area (Å²) in [4.78, 5) is 0. The lowest BCUT2D eigenvalue weighted by Crippen LogP contribution is -2.03. The number of aliphatic hydroxyl groups is 1. The van der Waals surface area contributed by atoms with Crippen molar-refractivity contribution in [3.8, 4) is 5.75 Å². The molecule has 19 heavy (non-hydrogen) atoms. The SMILES string of the molecule is COc1ccc(C(O)Cc2ccc(I)cc2)cc1F. The van der Waals surface area contributed by atoms with Crippen molar-refractivity contribution in [3.63, 3.8) is 0 Å². The van der Waals surface area contributed by atoms with Crippen LogP contribution < -0.4 is 4.74 Å². The van der Waals surface area contributed by atoms with Gasteiger partial charge in [-0.15, -0.1) is 0 Å². The summed E-state index contributed by atoms with van der Waals surface area (Å²) in [6.07, 6.45) is -0.261. The fourth-order valence-electron chi connectivity index (χ4n) is 1.85. The van der Waals surface area contributed by atoms with E-state index >= 15 is 0 Å². The molecule has 100 valence electrons. The Labute approximate surface area is 125 Å². The molecule has 2 nitrogen and oxygen atoms in total. The number of benzene rings is 2. The van der Waals surface area contributed by atoms with E-state index in [1.165, 1.54) is 19.2 Å². The first-order valence-electron chi connectivity index (χ1n) is 5.86. The predicted molar refractivity (Wildman–Crippen MR) is 80.8 cm³/mol. The maximum absolute atomic E-state index is 13.6. The Balaban J connectivity index is 2.13. The molecule has 0 aromatic heterocycles. The molecule has 1 atom stereocenters. The molecular weight excluding hydrogens is 358 g/mol. The lowest BCUT2D eigenvalue weighted by Gasteiger charge is -2.12. The van der Waals surface area contributed by atoms with Crippen molar-refractivity contribution >= 4 is 22.6 Å². The highest BCUT2D eigenvalue weighted by molar-refractivity contribution is 14.1. The molecule has 1 unspecified atom stereocenters. The Morgan fingerprint density at radius 1 is 1.21 bits per heavy atom. The van der Waals surface area contributed by atoms with Crippen molar-refractivity contribution in [1.82, 2.24) is 0 Å². The van der Waals surface area contributed by atoms with Crippen LogP contribution in [0.2, 0.25) is 0 Å². The van der Waals surface area contributed by atoms with E-state index in [2.05, 4.69) is 22.6 Å². The summed E-state index contributed by atoms with van der Waals surface area (Å²) in [5, 5.41) is 10.1. The first kappa shape index (κ1) is 14.3. The van der Waals surface area contributed by atoms with E-state index in [4.69, 9.17) is 4.74 Å². The third-order valence-electron chi connectivity index (χ3n) is 2.90. The van der Waals surface area contributed by atoms with Gasteiger partial charge in [0.25, 0.3) is 0 Å². The second-order valence-electron chi connectivity index (χ2n) is 4.24. The van der Waals surface area contributed by atoms with Crippen molar-refractivity contribution in [2.45, 2.75) is 12.5 Å². The lowest BCUT2D eigenvalue weighted by atomic mass is 10.0. The average molecular weight is 372 g/mol. The summed E-state index contributed by atoms with van der Waals surface area (Å²) in [7, 11) is 1.42. The molecule has 0 saturated carbocycles. The molecule has 0 aliphatic heterocycles. The molecule has 0 radical (unpaired) electrons. The highest BCUT2D eigenvalue weighted by Gasteiger charge is 2.11. The van der Waals surface area contributed by atoms with E-state index in [1.54, 1.807) is 6.07 Å². The van der Waals surface area contributed by atoms with Gasteiger partial charge in [0.05, 0.1) is 13.2 Å². The smallest absolute Gasteiger partial charge is 0.165 e. The van der Waals surface area contributed by atoms with Gasteiger partial charge in [-0.05, 0) is 58.0 Å². The molecule has 0 amide bonds. The number of hydrogen-bond acceptors (Lipinski definition) is 2. The van der Waals surface area contributed by atoms with Crippen molar-refractivity contribution < 1.29 is 14.2 Å². The highest BCUT2D eigenvalue weighted by atomic mass is 127. The zero-order valence-electron chi connectivity index (χ0n) is 10.4. The number of ether oxygens (including phenoxy) is 1. The van der Waals surface area contributed by atoms with Gasteiger partial charge in [0.1, 0.15) is 0 Å². The third kappa shape index (κ3) is 3.67. The van der Waals surface area contributed by atoms with Gasteiger partial charge in [-0.3, -0.25) is 0 Å². The minimum absolute atomic E-state index is 0.185. The fraction of sp³-hybridized carbons (Fsp3) is 0.200. The van der Waals surface area contributed by atoms with E-state index in [-0.39, 0.29) is 5.75 Å². The summed E-state index contributed by atoms with van der Waals surface area (Å²) < 4.78 is 19.6. The van der Waals surface area contributed by atoms with Gasteiger partial charge in [-0.25, -0.2) is 4.39 Å². The number of hydrogen-bond donors (Lipinski definition) is 1. The molecule has 0 saturated heterocycles. The molecule has 2 aromatic carbocycles. The van der Waals surface area contributed by atoms with Gasteiger partial charge < -0.3 is 9.84 Å². The Morgan fingerprint density at radius 2 is 1.89 bits per heavy atom. The quantitative estimate of drug-likeness (QED) is 0.830. The van der Waals surface area contributed by atoms with Crippen LogP contribution in [0, 0.1) is 9.39 Å². The standard InChI is InChI=1S/C15H14FIO2/c1-19-15-7-4-11(9-13(15)16)14(18)8-10-2-5-12(17)6-3-10/h2-7,9,14,18H,8H2,1H3. The second-order valence-corrected chi connectivity index (χ2v) is 5.49. The molecule has 0 aliphatic carbocycles. The normalized spacial score (nSPS) is 12.2. The average Bonchev–Trinajstić information content (AvgIpc) is 2.41.